The van der Waals surface area contributed by atoms with Crippen LogP contribution in [0.25, 0.3) is 0 Å². The Bertz CT molecular complexity index is 474. The van der Waals surface area contributed by atoms with Crippen molar-refractivity contribution in [2.45, 2.75) is 25.3 Å². The van der Waals surface area contributed by atoms with E-state index in [0.29, 0.717) is 17.3 Å². The second-order valence-corrected chi connectivity index (χ2v) is 5.52. The van der Waals surface area contributed by atoms with Gasteiger partial charge in [0, 0.05) is 31.4 Å². The topological polar surface area (TPSA) is 49.6 Å². The number of carbonyl (C=O) groups excluding carboxylic acids is 1. The van der Waals surface area contributed by atoms with Crippen LogP contribution in [0, 0.1) is 0 Å². The normalized spacial score (nSPS) is 24.0. The molecule has 0 unspecified atom stereocenters. The summed E-state index contributed by atoms with van der Waals surface area (Å²) in [5.74, 6) is 0.0864. The van der Waals surface area contributed by atoms with Crippen molar-refractivity contribution in [1.29, 1.82) is 0 Å². The first kappa shape index (κ1) is 12.5. The van der Waals surface area contributed by atoms with Crippen LogP contribution in [0.15, 0.2) is 24.3 Å². The zero-order valence-corrected chi connectivity index (χ0v) is 11.2. The number of nitrogens with two attached hydrogens (primary N) is 1. The van der Waals surface area contributed by atoms with Crippen molar-refractivity contribution < 1.29 is 4.79 Å². The second kappa shape index (κ2) is 5.21. The van der Waals surface area contributed by atoms with Gasteiger partial charge in [0.05, 0.1) is 5.56 Å². The lowest BCUT2D eigenvalue weighted by atomic mass is 9.99. The summed E-state index contributed by atoms with van der Waals surface area (Å²) in [7, 11) is 0. The van der Waals surface area contributed by atoms with Gasteiger partial charge in [-0.2, -0.15) is 0 Å². The monoisotopic (exact) mass is 259 g/mol. The third kappa shape index (κ3) is 2.45. The largest absolute Gasteiger partial charge is 0.398 e. The maximum Gasteiger partial charge on any atom is 0.256 e. The second-order valence-electron chi connectivity index (χ2n) is 5.52. The number of carbonyl (C=O) groups is 1. The highest BCUT2D eigenvalue weighted by molar-refractivity contribution is 5.99. The Hall–Kier alpha value is -1.55. The van der Waals surface area contributed by atoms with Crippen LogP contribution >= 0.6 is 0 Å². The van der Waals surface area contributed by atoms with Crippen LogP contribution in [0.3, 0.4) is 0 Å². The molecule has 1 amide bonds. The zero-order chi connectivity index (χ0) is 13.2. The van der Waals surface area contributed by atoms with Crippen molar-refractivity contribution >= 4 is 11.6 Å². The van der Waals surface area contributed by atoms with Gasteiger partial charge in [0.15, 0.2) is 0 Å². The lowest BCUT2D eigenvalue weighted by Crippen LogP contribution is -2.56. The van der Waals surface area contributed by atoms with E-state index in [1.54, 1.807) is 6.07 Å². The van der Waals surface area contributed by atoms with E-state index in [1.165, 1.54) is 25.8 Å². The molecule has 0 radical (unpaired) electrons. The number of piperazine rings is 1. The third-order valence-electron chi connectivity index (χ3n) is 4.32. The number of amides is 1. The van der Waals surface area contributed by atoms with Crippen molar-refractivity contribution in [2.24, 2.45) is 0 Å². The Kier molecular flexibility index (Phi) is 3.42. The summed E-state index contributed by atoms with van der Waals surface area (Å²) >= 11 is 0. The van der Waals surface area contributed by atoms with E-state index in [-0.39, 0.29) is 5.91 Å². The average molecular weight is 259 g/mol. The molecule has 1 aromatic carbocycles. The van der Waals surface area contributed by atoms with Crippen molar-refractivity contribution in [2.75, 3.05) is 31.9 Å². The van der Waals surface area contributed by atoms with E-state index in [2.05, 4.69) is 4.90 Å². The van der Waals surface area contributed by atoms with Crippen LogP contribution in [0.5, 0.6) is 0 Å². The number of fused-ring (bicyclic) bond motifs is 1. The summed E-state index contributed by atoms with van der Waals surface area (Å²) in [6.07, 6.45) is 3.81. The SMILES string of the molecule is Nc1ccccc1C(=O)N1CCN2CCCC[C@@H]2C1. The third-order valence-corrected chi connectivity index (χ3v) is 4.32. The van der Waals surface area contributed by atoms with Gasteiger partial charge in [-0.1, -0.05) is 18.6 Å². The Morgan fingerprint density at radius 3 is 2.84 bits per heavy atom. The fraction of sp³-hybridized carbons (Fsp3) is 0.533. The predicted molar refractivity (Wildman–Crippen MR) is 76.0 cm³/mol. The van der Waals surface area contributed by atoms with Gasteiger partial charge < -0.3 is 10.6 Å². The summed E-state index contributed by atoms with van der Waals surface area (Å²) in [5.41, 5.74) is 7.13. The molecule has 0 aliphatic carbocycles. The molecule has 2 aliphatic heterocycles. The van der Waals surface area contributed by atoms with Crippen molar-refractivity contribution in [3.8, 4) is 0 Å². The molecule has 2 N–H and O–H groups in total. The van der Waals surface area contributed by atoms with E-state index in [4.69, 9.17) is 5.73 Å². The lowest BCUT2D eigenvalue weighted by molar-refractivity contribution is 0.0373. The van der Waals surface area contributed by atoms with Crippen LogP contribution in [0.2, 0.25) is 0 Å². The van der Waals surface area contributed by atoms with E-state index in [9.17, 15) is 4.79 Å². The highest BCUT2D eigenvalue weighted by Crippen LogP contribution is 2.23. The van der Waals surface area contributed by atoms with Crippen molar-refractivity contribution in [3.05, 3.63) is 29.8 Å². The van der Waals surface area contributed by atoms with Crippen LogP contribution < -0.4 is 5.73 Å². The Balaban J connectivity index is 1.73. The van der Waals surface area contributed by atoms with E-state index in [1.807, 2.05) is 23.1 Å². The smallest absolute Gasteiger partial charge is 0.256 e. The molecule has 2 saturated heterocycles. The van der Waals surface area contributed by atoms with Gasteiger partial charge >= 0.3 is 0 Å². The molecule has 0 aromatic heterocycles. The Morgan fingerprint density at radius 2 is 2.00 bits per heavy atom. The number of para-hydroxylation sites is 1. The summed E-state index contributed by atoms with van der Waals surface area (Å²) in [5, 5.41) is 0. The van der Waals surface area contributed by atoms with Gasteiger partial charge in [-0.15, -0.1) is 0 Å². The molecule has 2 fully saturated rings. The molecule has 3 rings (SSSR count). The number of anilines is 1. The maximum absolute atomic E-state index is 12.5. The first-order valence-corrected chi connectivity index (χ1v) is 7.13. The van der Waals surface area contributed by atoms with Crippen molar-refractivity contribution in [1.82, 2.24) is 9.80 Å². The molecule has 2 heterocycles. The van der Waals surface area contributed by atoms with Gasteiger partial charge in [0.2, 0.25) is 0 Å². The van der Waals surface area contributed by atoms with Crippen LogP contribution in [-0.4, -0.2) is 47.9 Å². The van der Waals surface area contributed by atoms with Gasteiger partial charge in [0.25, 0.3) is 5.91 Å². The number of hydrogen-bond acceptors (Lipinski definition) is 3. The summed E-state index contributed by atoms with van der Waals surface area (Å²) in [6.45, 7) is 3.88. The molecule has 4 nitrogen and oxygen atoms in total. The molecule has 102 valence electrons. The van der Waals surface area contributed by atoms with Gasteiger partial charge in [-0.05, 0) is 31.5 Å². The van der Waals surface area contributed by atoms with Crippen LogP contribution in [0.4, 0.5) is 5.69 Å². The predicted octanol–water partition coefficient (Wildman–Crippen LogP) is 1.58. The number of nitrogens with zero attached hydrogens (tertiary/aromatic N) is 2. The van der Waals surface area contributed by atoms with Gasteiger partial charge in [0.1, 0.15) is 0 Å². The number of benzene rings is 1. The van der Waals surface area contributed by atoms with E-state index in [0.717, 1.165) is 19.6 Å². The van der Waals surface area contributed by atoms with Gasteiger partial charge in [-0.25, -0.2) is 0 Å². The standard InChI is InChI=1S/C15H21N3O/c16-14-7-2-1-6-13(14)15(19)18-10-9-17-8-4-3-5-12(17)11-18/h1-2,6-7,12H,3-5,8-11,16H2/t12-/m1/s1. The fourth-order valence-electron chi connectivity index (χ4n) is 3.20. The molecule has 4 heteroatoms. The fourth-order valence-corrected chi connectivity index (χ4v) is 3.20. The highest BCUT2D eigenvalue weighted by Gasteiger charge is 2.31. The quantitative estimate of drug-likeness (QED) is 0.779. The molecule has 1 atom stereocenters. The highest BCUT2D eigenvalue weighted by atomic mass is 16.2. The minimum Gasteiger partial charge on any atom is -0.398 e. The number of rotatable bonds is 1. The summed E-state index contributed by atoms with van der Waals surface area (Å²) in [6, 6.07) is 7.91. The Labute approximate surface area is 114 Å². The minimum absolute atomic E-state index is 0.0864. The summed E-state index contributed by atoms with van der Waals surface area (Å²) in [4.78, 5) is 17.0. The molecule has 0 spiro atoms. The van der Waals surface area contributed by atoms with Crippen LogP contribution in [0.1, 0.15) is 29.6 Å². The molecular weight excluding hydrogens is 238 g/mol. The zero-order valence-electron chi connectivity index (χ0n) is 11.2. The molecular formula is C15H21N3O. The first-order valence-electron chi connectivity index (χ1n) is 7.13. The van der Waals surface area contributed by atoms with E-state index < -0.39 is 0 Å². The molecule has 1 aromatic rings. The Morgan fingerprint density at radius 1 is 1.16 bits per heavy atom. The number of piperidine rings is 1. The van der Waals surface area contributed by atoms with E-state index >= 15 is 0 Å². The molecule has 2 aliphatic rings. The number of hydrogen-bond donors (Lipinski definition) is 1. The molecule has 19 heavy (non-hydrogen) atoms. The van der Waals surface area contributed by atoms with Crippen LogP contribution in [-0.2, 0) is 0 Å². The average Bonchev–Trinajstić information content (AvgIpc) is 2.46. The first-order chi connectivity index (χ1) is 9.25. The lowest BCUT2D eigenvalue weighted by Gasteiger charge is -2.44. The number of nitrogen functional groups attached to an aromatic ring is 1. The van der Waals surface area contributed by atoms with Gasteiger partial charge in [-0.3, -0.25) is 9.69 Å². The molecule has 0 saturated carbocycles. The molecule has 0 bridgehead atoms. The maximum atomic E-state index is 12.5. The van der Waals surface area contributed by atoms with Crippen molar-refractivity contribution in [3.63, 3.8) is 0 Å². The summed E-state index contributed by atoms with van der Waals surface area (Å²) < 4.78 is 0. The minimum atomic E-state index is 0.0864.